The molecule has 1 rings (SSSR count). The lowest BCUT2D eigenvalue weighted by molar-refractivity contribution is -0.134. The van der Waals surface area contributed by atoms with Crippen LogP contribution in [0.15, 0.2) is 0 Å². The predicted molar refractivity (Wildman–Crippen MR) is 69.2 cm³/mol. The zero-order chi connectivity index (χ0) is 13.4. The molecule has 0 radical (unpaired) electrons. The number of piperidine rings is 1. The first-order valence-corrected chi connectivity index (χ1v) is 6.67. The van der Waals surface area contributed by atoms with E-state index in [1.807, 2.05) is 4.90 Å². The van der Waals surface area contributed by atoms with Crippen LogP contribution in [0.5, 0.6) is 0 Å². The van der Waals surface area contributed by atoms with Gasteiger partial charge in [-0.3, -0.25) is 9.59 Å². The normalized spacial score (nSPS) is 15.6. The topological polar surface area (TPSA) is 49.9 Å². The van der Waals surface area contributed by atoms with Crippen molar-refractivity contribution >= 4 is 11.8 Å². The van der Waals surface area contributed by atoms with Crippen molar-refractivity contribution in [3.63, 3.8) is 0 Å². The van der Waals surface area contributed by atoms with Crippen molar-refractivity contribution in [1.29, 1.82) is 0 Å². The third-order valence-electron chi connectivity index (χ3n) is 3.32. The summed E-state index contributed by atoms with van der Waals surface area (Å²) in [4.78, 5) is 26.9. The summed E-state index contributed by atoms with van der Waals surface area (Å²) in [5, 5.41) is 0. The average Bonchev–Trinajstić information content (AvgIpc) is 2.39. The summed E-state index contributed by atoms with van der Waals surface area (Å²) < 4.78 is 4.96. The molecule has 0 saturated carbocycles. The van der Waals surface area contributed by atoms with Gasteiger partial charge in [0.25, 0.3) is 0 Å². The van der Waals surface area contributed by atoms with Gasteiger partial charge in [0.05, 0.1) is 6.61 Å². The van der Waals surface area contributed by atoms with Crippen molar-refractivity contribution in [2.45, 2.75) is 32.6 Å². The van der Waals surface area contributed by atoms with Gasteiger partial charge in [0, 0.05) is 46.6 Å². The summed E-state index contributed by atoms with van der Waals surface area (Å²) in [5.41, 5.74) is 0. The first kappa shape index (κ1) is 15.0. The maximum Gasteiger partial charge on any atom is 0.224 e. The number of ether oxygens (including phenoxy) is 1. The monoisotopic (exact) mass is 256 g/mol. The van der Waals surface area contributed by atoms with Crippen LogP contribution in [0.1, 0.15) is 32.6 Å². The molecule has 0 N–H and O–H groups in total. The van der Waals surface area contributed by atoms with E-state index < -0.39 is 0 Å². The number of likely N-dealkylation sites (tertiary alicyclic amines) is 1. The van der Waals surface area contributed by atoms with Crippen LogP contribution in [0, 0.1) is 0 Å². The summed E-state index contributed by atoms with van der Waals surface area (Å²) in [6.07, 6.45) is 3.85. The Morgan fingerprint density at radius 3 is 2.39 bits per heavy atom. The van der Waals surface area contributed by atoms with E-state index in [1.54, 1.807) is 12.0 Å². The van der Waals surface area contributed by atoms with Crippen LogP contribution >= 0.6 is 0 Å². The Morgan fingerprint density at radius 1 is 1.17 bits per heavy atom. The molecule has 104 valence electrons. The molecule has 0 aromatic heterocycles. The fourth-order valence-electron chi connectivity index (χ4n) is 2.16. The number of nitrogens with zero attached hydrogens (tertiary/aromatic N) is 2. The van der Waals surface area contributed by atoms with Crippen molar-refractivity contribution in [3.05, 3.63) is 0 Å². The number of carbonyl (C=O) groups is 2. The van der Waals surface area contributed by atoms with Gasteiger partial charge in [-0.05, 0) is 19.3 Å². The molecule has 0 spiro atoms. The van der Waals surface area contributed by atoms with Gasteiger partial charge in [0.15, 0.2) is 0 Å². The van der Waals surface area contributed by atoms with E-state index in [4.69, 9.17) is 4.74 Å². The lowest BCUT2D eigenvalue weighted by Gasteiger charge is -2.28. The number of methoxy groups -OCH3 is 1. The lowest BCUT2D eigenvalue weighted by atomic mass is 10.1. The summed E-state index contributed by atoms with van der Waals surface area (Å²) in [6, 6.07) is 0. The van der Waals surface area contributed by atoms with E-state index in [0.29, 0.717) is 26.1 Å². The minimum absolute atomic E-state index is 0.00139. The molecular formula is C13H24N2O3. The molecule has 0 unspecified atom stereocenters. The molecule has 1 heterocycles. The number of hydrogen-bond donors (Lipinski definition) is 0. The van der Waals surface area contributed by atoms with Crippen molar-refractivity contribution in [1.82, 2.24) is 9.80 Å². The van der Waals surface area contributed by atoms with Gasteiger partial charge in [-0.25, -0.2) is 0 Å². The van der Waals surface area contributed by atoms with Gasteiger partial charge in [-0.15, -0.1) is 0 Å². The van der Waals surface area contributed by atoms with Crippen molar-refractivity contribution in [2.24, 2.45) is 0 Å². The molecule has 0 atom stereocenters. The Labute approximate surface area is 109 Å². The number of amides is 2. The van der Waals surface area contributed by atoms with Gasteiger partial charge in [0.1, 0.15) is 0 Å². The summed E-state index contributed by atoms with van der Waals surface area (Å²) >= 11 is 0. The van der Waals surface area contributed by atoms with E-state index in [2.05, 4.69) is 0 Å². The Balaban J connectivity index is 2.31. The van der Waals surface area contributed by atoms with E-state index in [-0.39, 0.29) is 11.8 Å². The maximum atomic E-state index is 12.0. The fourth-order valence-corrected chi connectivity index (χ4v) is 2.16. The van der Waals surface area contributed by atoms with Gasteiger partial charge < -0.3 is 14.5 Å². The highest BCUT2D eigenvalue weighted by atomic mass is 16.5. The number of carbonyl (C=O) groups excluding carboxylic acids is 2. The molecular weight excluding hydrogens is 232 g/mol. The van der Waals surface area contributed by atoms with Gasteiger partial charge in [-0.2, -0.15) is 0 Å². The fraction of sp³-hybridized carbons (Fsp3) is 0.846. The van der Waals surface area contributed by atoms with Crippen LogP contribution < -0.4 is 0 Å². The second-order valence-electron chi connectivity index (χ2n) is 4.69. The maximum absolute atomic E-state index is 12.0. The Hall–Kier alpha value is -1.10. The molecule has 18 heavy (non-hydrogen) atoms. The van der Waals surface area contributed by atoms with Crippen molar-refractivity contribution < 1.29 is 14.3 Å². The minimum atomic E-state index is -0.00139. The highest BCUT2D eigenvalue weighted by Crippen LogP contribution is 2.10. The van der Waals surface area contributed by atoms with Crippen LogP contribution in [0.3, 0.4) is 0 Å². The van der Waals surface area contributed by atoms with E-state index >= 15 is 0 Å². The zero-order valence-corrected chi connectivity index (χ0v) is 11.5. The number of rotatable bonds is 6. The first-order valence-electron chi connectivity index (χ1n) is 6.67. The largest absolute Gasteiger partial charge is 0.383 e. The lowest BCUT2D eigenvalue weighted by Crippen LogP contribution is -2.39. The van der Waals surface area contributed by atoms with Crippen LogP contribution in [-0.4, -0.2) is 61.5 Å². The SMILES string of the molecule is COCCN(CCC(=O)N1CCCCC1)C(C)=O. The zero-order valence-electron chi connectivity index (χ0n) is 11.5. The quantitative estimate of drug-likeness (QED) is 0.709. The molecule has 0 aromatic carbocycles. The van der Waals surface area contributed by atoms with E-state index in [9.17, 15) is 9.59 Å². The molecule has 0 aromatic rings. The van der Waals surface area contributed by atoms with Gasteiger partial charge >= 0.3 is 0 Å². The van der Waals surface area contributed by atoms with Gasteiger partial charge in [0.2, 0.25) is 11.8 Å². The highest BCUT2D eigenvalue weighted by Gasteiger charge is 2.18. The Bertz CT molecular complexity index is 275. The second kappa shape index (κ2) is 8.08. The first-order chi connectivity index (χ1) is 8.65. The standard InChI is InChI=1S/C13H24N2O3/c1-12(16)14(10-11-18-2)9-6-13(17)15-7-4-3-5-8-15/h3-11H2,1-2H3. The Kier molecular flexibility index (Phi) is 6.72. The minimum Gasteiger partial charge on any atom is -0.383 e. The molecule has 5 heteroatoms. The average molecular weight is 256 g/mol. The van der Waals surface area contributed by atoms with Crippen LogP contribution in [0.2, 0.25) is 0 Å². The Morgan fingerprint density at radius 2 is 1.83 bits per heavy atom. The molecule has 0 aliphatic carbocycles. The summed E-state index contributed by atoms with van der Waals surface area (Å²) in [6.45, 7) is 4.83. The third-order valence-corrected chi connectivity index (χ3v) is 3.32. The molecule has 1 fully saturated rings. The molecule has 1 aliphatic heterocycles. The van der Waals surface area contributed by atoms with Crippen LogP contribution in [-0.2, 0) is 14.3 Å². The van der Waals surface area contributed by atoms with E-state index in [0.717, 1.165) is 25.9 Å². The number of hydrogen-bond acceptors (Lipinski definition) is 3. The molecule has 0 bridgehead atoms. The molecule has 2 amide bonds. The van der Waals surface area contributed by atoms with Gasteiger partial charge in [-0.1, -0.05) is 0 Å². The second-order valence-corrected chi connectivity index (χ2v) is 4.69. The molecule has 1 aliphatic rings. The molecule has 1 saturated heterocycles. The molecule has 5 nitrogen and oxygen atoms in total. The third kappa shape index (κ3) is 5.04. The van der Waals surface area contributed by atoms with Crippen molar-refractivity contribution in [2.75, 3.05) is 39.9 Å². The smallest absolute Gasteiger partial charge is 0.224 e. The van der Waals surface area contributed by atoms with Crippen molar-refractivity contribution in [3.8, 4) is 0 Å². The van der Waals surface area contributed by atoms with E-state index in [1.165, 1.54) is 13.3 Å². The predicted octanol–water partition coefficient (Wildman–Crippen LogP) is 0.884. The van der Waals surface area contributed by atoms with Crippen LogP contribution in [0.4, 0.5) is 0 Å². The van der Waals surface area contributed by atoms with Crippen LogP contribution in [0.25, 0.3) is 0 Å². The summed E-state index contributed by atoms with van der Waals surface area (Å²) in [7, 11) is 1.61. The summed E-state index contributed by atoms with van der Waals surface area (Å²) in [5.74, 6) is 0.164. The highest BCUT2D eigenvalue weighted by molar-refractivity contribution is 5.78.